The SMILES string of the molecule is CCCN(CC(F)(F)F)C(=S)NC1CC1. The number of hydrogen-bond acceptors (Lipinski definition) is 1. The molecule has 0 unspecified atom stereocenters. The quantitative estimate of drug-likeness (QED) is 0.759. The molecule has 15 heavy (non-hydrogen) atoms. The Hall–Kier alpha value is -0.520. The van der Waals surface area contributed by atoms with E-state index in [0.717, 1.165) is 12.8 Å². The third kappa shape index (κ3) is 5.20. The summed E-state index contributed by atoms with van der Waals surface area (Å²) in [5.41, 5.74) is 0. The Kier molecular flexibility index (Phi) is 4.19. The monoisotopic (exact) mass is 240 g/mol. The molecule has 1 aliphatic rings. The van der Waals surface area contributed by atoms with Gasteiger partial charge in [-0.15, -0.1) is 0 Å². The molecule has 1 rings (SSSR count). The van der Waals surface area contributed by atoms with Crippen molar-refractivity contribution in [2.24, 2.45) is 0 Å². The van der Waals surface area contributed by atoms with Gasteiger partial charge < -0.3 is 10.2 Å². The van der Waals surface area contributed by atoms with Gasteiger partial charge in [-0.2, -0.15) is 13.2 Å². The van der Waals surface area contributed by atoms with Crippen LogP contribution in [0, 0.1) is 0 Å². The highest BCUT2D eigenvalue weighted by atomic mass is 32.1. The van der Waals surface area contributed by atoms with Crippen LogP contribution in [-0.2, 0) is 0 Å². The fourth-order valence-corrected chi connectivity index (χ4v) is 1.55. The van der Waals surface area contributed by atoms with Crippen LogP contribution in [0.5, 0.6) is 0 Å². The summed E-state index contributed by atoms with van der Waals surface area (Å²) in [4.78, 5) is 1.19. The second kappa shape index (κ2) is 5.01. The molecule has 0 aromatic rings. The zero-order valence-electron chi connectivity index (χ0n) is 8.60. The average Bonchev–Trinajstić information content (AvgIpc) is 2.85. The maximum Gasteiger partial charge on any atom is 0.406 e. The normalized spacial score (nSPS) is 16.3. The molecular formula is C9H15F3N2S. The molecule has 0 spiro atoms. The maximum absolute atomic E-state index is 12.2. The second-order valence-electron chi connectivity index (χ2n) is 3.76. The van der Waals surface area contributed by atoms with Crippen molar-refractivity contribution in [3.05, 3.63) is 0 Å². The minimum absolute atomic E-state index is 0.233. The van der Waals surface area contributed by atoms with Crippen LogP contribution >= 0.6 is 12.2 Å². The van der Waals surface area contributed by atoms with E-state index in [-0.39, 0.29) is 5.11 Å². The van der Waals surface area contributed by atoms with Crippen LogP contribution in [-0.4, -0.2) is 35.3 Å². The van der Waals surface area contributed by atoms with Crippen LogP contribution in [0.1, 0.15) is 26.2 Å². The first-order valence-electron chi connectivity index (χ1n) is 5.04. The Morgan fingerprint density at radius 2 is 2.07 bits per heavy atom. The Labute approximate surface area is 92.8 Å². The predicted molar refractivity (Wildman–Crippen MR) is 56.7 cm³/mol. The summed E-state index contributed by atoms with van der Waals surface area (Å²) >= 11 is 4.94. The van der Waals surface area contributed by atoms with Crippen LogP contribution in [0.2, 0.25) is 0 Å². The van der Waals surface area contributed by atoms with E-state index in [4.69, 9.17) is 12.2 Å². The molecule has 88 valence electrons. The van der Waals surface area contributed by atoms with Gasteiger partial charge >= 0.3 is 6.18 Å². The summed E-state index contributed by atoms with van der Waals surface area (Å²) in [6.45, 7) is 1.22. The van der Waals surface area contributed by atoms with Crippen LogP contribution < -0.4 is 5.32 Å². The molecule has 0 aromatic heterocycles. The number of thiocarbonyl (C=S) groups is 1. The van der Waals surface area contributed by atoms with Crippen molar-refractivity contribution < 1.29 is 13.2 Å². The van der Waals surface area contributed by atoms with E-state index in [9.17, 15) is 13.2 Å². The molecule has 0 aromatic carbocycles. The van der Waals surface area contributed by atoms with Crippen LogP contribution in [0.15, 0.2) is 0 Å². The first kappa shape index (κ1) is 12.5. The average molecular weight is 240 g/mol. The van der Waals surface area contributed by atoms with Crippen molar-refractivity contribution in [3.8, 4) is 0 Å². The van der Waals surface area contributed by atoms with Gasteiger partial charge in [0, 0.05) is 12.6 Å². The Bertz CT molecular complexity index is 226. The van der Waals surface area contributed by atoms with Crippen molar-refractivity contribution >= 4 is 17.3 Å². The van der Waals surface area contributed by atoms with Gasteiger partial charge in [0.15, 0.2) is 5.11 Å². The molecule has 6 heteroatoms. The van der Waals surface area contributed by atoms with E-state index in [1.807, 2.05) is 6.92 Å². The number of nitrogens with one attached hydrogen (secondary N) is 1. The molecule has 1 saturated carbocycles. The zero-order chi connectivity index (χ0) is 11.5. The number of nitrogens with zero attached hydrogens (tertiary/aromatic N) is 1. The number of halogens is 3. The van der Waals surface area contributed by atoms with Gasteiger partial charge in [0.1, 0.15) is 6.54 Å². The summed E-state index contributed by atoms with van der Waals surface area (Å²) in [5.74, 6) is 0. The molecule has 1 aliphatic carbocycles. The third-order valence-electron chi connectivity index (χ3n) is 2.06. The molecular weight excluding hydrogens is 225 g/mol. The maximum atomic E-state index is 12.2. The zero-order valence-corrected chi connectivity index (χ0v) is 9.42. The molecule has 0 saturated heterocycles. The summed E-state index contributed by atoms with van der Waals surface area (Å²) < 4.78 is 36.6. The first-order chi connectivity index (χ1) is 6.92. The van der Waals surface area contributed by atoms with E-state index >= 15 is 0 Å². The number of hydrogen-bond donors (Lipinski definition) is 1. The molecule has 0 amide bonds. The van der Waals surface area contributed by atoms with Gasteiger partial charge in [0.05, 0.1) is 0 Å². The largest absolute Gasteiger partial charge is 0.406 e. The lowest BCUT2D eigenvalue weighted by Gasteiger charge is -2.26. The molecule has 0 atom stereocenters. The fourth-order valence-electron chi connectivity index (χ4n) is 1.23. The number of alkyl halides is 3. The Balaban J connectivity index is 2.43. The lowest BCUT2D eigenvalue weighted by molar-refractivity contribution is -0.137. The molecule has 0 heterocycles. The van der Waals surface area contributed by atoms with E-state index in [1.165, 1.54) is 4.90 Å². The van der Waals surface area contributed by atoms with E-state index < -0.39 is 12.7 Å². The first-order valence-corrected chi connectivity index (χ1v) is 5.45. The summed E-state index contributed by atoms with van der Waals surface area (Å²) in [6.07, 6.45) is -1.52. The Morgan fingerprint density at radius 1 is 1.47 bits per heavy atom. The van der Waals surface area contributed by atoms with Gasteiger partial charge in [-0.05, 0) is 31.5 Å². The van der Waals surface area contributed by atoms with Gasteiger partial charge in [0.2, 0.25) is 0 Å². The molecule has 0 aliphatic heterocycles. The highest BCUT2D eigenvalue weighted by Crippen LogP contribution is 2.21. The minimum atomic E-state index is -4.19. The predicted octanol–water partition coefficient (Wildman–Crippen LogP) is 2.30. The van der Waals surface area contributed by atoms with Crippen molar-refractivity contribution in [1.82, 2.24) is 10.2 Å². The molecule has 2 nitrogen and oxygen atoms in total. The van der Waals surface area contributed by atoms with Gasteiger partial charge in [-0.25, -0.2) is 0 Å². The van der Waals surface area contributed by atoms with Gasteiger partial charge in [-0.1, -0.05) is 6.92 Å². The lowest BCUT2D eigenvalue weighted by atomic mass is 10.4. The third-order valence-corrected chi connectivity index (χ3v) is 2.43. The van der Waals surface area contributed by atoms with E-state index in [1.54, 1.807) is 0 Å². The van der Waals surface area contributed by atoms with E-state index in [2.05, 4.69) is 5.32 Å². The molecule has 0 radical (unpaired) electrons. The van der Waals surface area contributed by atoms with Gasteiger partial charge in [-0.3, -0.25) is 0 Å². The fraction of sp³-hybridized carbons (Fsp3) is 0.889. The van der Waals surface area contributed by atoms with Crippen LogP contribution in [0.3, 0.4) is 0 Å². The lowest BCUT2D eigenvalue weighted by Crippen LogP contribution is -2.45. The van der Waals surface area contributed by atoms with Crippen molar-refractivity contribution in [1.29, 1.82) is 0 Å². The summed E-state index contributed by atoms with van der Waals surface area (Å²) in [6, 6.07) is 0.296. The smallest absolute Gasteiger partial charge is 0.360 e. The van der Waals surface area contributed by atoms with Crippen molar-refractivity contribution in [3.63, 3.8) is 0 Å². The molecule has 0 bridgehead atoms. The number of rotatable bonds is 4. The van der Waals surface area contributed by atoms with Crippen LogP contribution in [0.4, 0.5) is 13.2 Å². The standard InChI is InChI=1S/C9H15F3N2S/c1-2-5-14(6-9(10,11)12)8(15)13-7-3-4-7/h7H,2-6H2,1H3,(H,13,15). The van der Waals surface area contributed by atoms with E-state index in [0.29, 0.717) is 19.0 Å². The molecule has 1 fully saturated rings. The van der Waals surface area contributed by atoms with Crippen molar-refractivity contribution in [2.45, 2.75) is 38.4 Å². The minimum Gasteiger partial charge on any atom is -0.360 e. The topological polar surface area (TPSA) is 15.3 Å². The second-order valence-corrected chi connectivity index (χ2v) is 4.15. The molecule has 1 N–H and O–H groups in total. The highest BCUT2D eigenvalue weighted by molar-refractivity contribution is 7.80. The summed E-state index contributed by atoms with van der Waals surface area (Å²) in [5, 5.41) is 3.15. The Morgan fingerprint density at radius 3 is 2.47 bits per heavy atom. The van der Waals surface area contributed by atoms with Gasteiger partial charge in [0.25, 0.3) is 0 Å². The highest BCUT2D eigenvalue weighted by Gasteiger charge is 2.32. The summed E-state index contributed by atoms with van der Waals surface area (Å²) in [7, 11) is 0. The van der Waals surface area contributed by atoms with Crippen LogP contribution in [0.25, 0.3) is 0 Å². The van der Waals surface area contributed by atoms with Crippen molar-refractivity contribution in [2.75, 3.05) is 13.1 Å².